The highest BCUT2D eigenvalue weighted by molar-refractivity contribution is 6.33. The van der Waals surface area contributed by atoms with E-state index in [0.717, 1.165) is 0 Å². The number of nitrogens with one attached hydrogen (secondary N) is 1. The van der Waals surface area contributed by atoms with Crippen LogP contribution in [0.4, 0.5) is 10.1 Å². The monoisotopic (exact) mass is 242 g/mol. The number of hydrogen-bond donors (Lipinski definition) is 2. The van der Waals surface area contributed by atoms with Crippen molar-refractivity contribution < 1.29 is 4.39 Å². The largest absolute Gasteiger partial charge is 0.379 e. The third-order valence-electron chi connectivity index (χ3n) is 3.24. The lowest BCUT2D eigenvalue weighted by Gasteiger charge is -2.34. The Kier molecular flexibility index (Phi) is 3.66. The first kappa shape index (κ1) is 11.7. The topological polar surface area (TPSA) is 38.0 Å². The van der Waals surface area contributed by atoms with E-state index in [1.165, 1.54) is 31.4 Å². The summed E-state index contributed by atoms with van der Waals surface area (Å²) in [5.41, 5.74) is 6.36. The molecule has 0 bridgehead atoms. The molecule has 4 heteroatoms. The molecule has 0 heterocycles. The van der Waals surface area contributed by atoms with Gasteiger partial charge in [0.05, 0.1) is 10.7 Å². The zero-order chi connectivity index (χ0) is 11.5. The second-order valence-electron chi connectivity index (χ2n) is 4.30. The van der Waals surface area contributed by atoms with Crippen LogP contribution in [0.3, 0.4) is 0 Å². The van der Waals surface area contributed by atoms with Gasteiger partial charge in [0.1, 0.15) is 5.82 Å². The van der Waals surface area contributed by atoms with Crippen LogP contribution in [-0.4, -0.2) is 12.6 Å². The van der Waals surface area contributed by atoms with Gasteiger partial charge in [0, 0.05) is 12.6 Å². The van der Waals surface area contributed by atoms with E-state index in [9.17, 15) is 4.39 Å². The maximum atomic E-state index is 13.1. The molecule has 0 amide bonds. The first-order valence-corrected chi connectivity index (χ1v) is 6.00. The minimum Gasteiger partial charge on any atom is -0.379 e. The van der Waals surface area contributed by atoms with Gasteiger partial charge in [-0.2, -0.15) is 0 Å². The van der Waals surface area contributed by atoms with Crippen LogP contribution in [0.15, 0.2) is 18.2 Å². The highest BCUT2D eigenvalue weighted by atomic mass is 35.5. The lowest BCUT2D eigenvalue weighted by atomic mass is 9.79. The number of anilines is 1. The van der Waals surface area contributed by atoms with Crippen molar-refractivity contribution >= 4 is 17.3 Å². The SMILES string of the molecule is NCC(Nc1cc(F)ccc1Cl)C1CCC1. The maximum Gasteiger partial charge on any atom is 0.125 e. The molecular formula is C12H16ClFN2. The Morgan fingerprint density at radius 2 is 2.25 bits per heavy atom. The molecule has 0 aliphatic heterocycles. The average Bonchev–Trinajstić information content (AvgIpc) is 2.19. The highest BCUT2D eigenvalue weighted by Gasteiger charge is 2.26. The highest BCUT2D eigenvalue weighted by Crippen LogP contribution is 2.32. The van der Waals surface area contributed by atoms with E-state index < -0.39 is 0 Å². The van der Waals surface area contributed by atoms with Crippen LogP contribution < -0.4 is 11.1 Å². The summed E-state index contributed by atoms with van der Waals surface area (Å²) in [4.78, 5) is 0. The summed E-state index contributed by atoms with van der Waals surface area (Å²) >= 11 is 5.99. The number of hydrogen-bond acceptors (Lipinski definition) is 2. The molecule has 0 radical (unpaired) electrons. The van der Waals surface area contributed by atoms with Crippen molar-refractivity contribution in [2.75, 3.05) is 11.9 Å². The predicted molar refractivity (Wildman–Crippen MR) is 65.2 cm³/mol. The normalized spacial score (nSPS) is 17.9. The smallest absolute Gasteiger partial charge is 0.125 e. The molecule has 16 heavy (non-hydrogen) atoms. The van der Waals surface area contributed by atoms with E-state index >= 15 is 0 Å². The summed E-state index contributed by atoms with van der Waals surface area (Å²) in [5, 5.41) is 3.78. The molecule has 2 nitrogen and oxygen atoms in total. The molecule has 1 aliphatic carbocycles. The summed E-state index contributed by atoms with van der Waals surface area (Å²) in [5.74, 6) is 0.320. The molecule has 3 N–H and O–H groups in total. The number of rotatable bonds is 4. The molecule has 1 aromatic rings. The van der Waals surface area contributed by atoms with Crippen LogP contribution >= 0.6 is 11.6 Å². The standard InChI is InChI=1S/C12H16ClFN2/c13-10-5-4-9(14)6-11(10)16-12(7-15)8-2-1-3-8/h4-6,8,12,16H,1-3,7,15H2. The van der Waals surface area contributed by atoms with Crippen molar-refractivity contribution in [2.24, 2.45) is 11.7 Å². The summed E-state index contributed by atoms with van der Waals surface area (Å²) in [7, 11) is 0. The van der Waals surface area contributed by atoms with Crippen LogP contribution in [0.25, 0.3) is 0 Å². The Labute approximate surface area is 100.0 Å². The van der Waals surface area contributed by atoms with Gasteiger partial charge in [-0.3, -0.25) is 0 Å². The van der Waals surface area contributed by atoms with Gasteiger partial charge in [-0.25, -0.2) is 4.39 Å². The van der Waals surface area contributed by atoms with Gasteiger partial charge >= 0.3 is 0 Å². The Morgan fingerprint density at radius 1 is 1.50 bits per heavy atom. The number of nitrogens with two attached hydrogens (primary N) is 1. The van der Waals surface area contributed by atoms with Crippen LogP contribution in [0.1, 0.15) is 19.3 Å². The van der Waals surface area contributed by atoms with Gasteiger partial charge in [0.15, 0.2) is 0 Å². The number of halogens is 2. The van der Waals surface area contributed by atoms with Crippen molar-refractivity contribution in [3.05, 3.63) is 29.0 Å². The maximum absolute atomic E-state index is 13.1. The van der Waals surface area contributed by atoms with Crippen LogP contribution in [0.2, 0.25) is 5.02 Å². The second kappa shape index (κ2) is 5.02. The molecule has 0 spiro atoms. The molecule has 1 saturated carbocycles. The van der Waals surface area contributed by atoms with Gasteiger partial charge in [0.2, 0.25) is 0 Å². The summed E-state index contributed by atoms with van der Waals surface area (Å²) in [6, 6.07) is 4.54. The van der Waals surface area contributed by atoms with Gasteiger partial charge in [0.25, 0.3) is 0 Å². The molecule has 2 rings (SSSR count). The van der Waals surface area contributed by atoms with Crippen molar-refractivity contribution in [1.29, 1.82) is 0 Å². The van der Waals surface area contributed by atoms with Gasteiger partial charge in [-0.1, -0.05) is 18.0 Å². The Hall–Kier alpha value is -0.800. The van der Waals surface area contributed by atoms with E-state index in [1.807, 2.05) is 0 Å². The number of benzene rings is 1. The van der Waals surface area contributed by atoms with Crippen LogP contribution in [0, 0.1) is 11.7 Å². The van der Waals surface area contributed by atoms with E-state index in [2.05, 4.69) is 5.32 Å². The Bertz CT molecular complexity index is 366. The van der Waals surface area contributed by atoms with Crippen molar-refractivity contribution in [3.63, 3.8) is 0 Å². The molecule has 1 aliphatic rings. The molecule has 1 unspecified atom stereocenters. The van der Waals surface area contributed by atoms with Crippen molar-refractivity contribution in [2.45, 2.75) is 25.3 Å². The second-order valence-corrected chi connectivity index (χ2v) is 4.71. The minimum atomic E-state index is -0.281. The van der Waals surface area contributed by atoms with Gasteiger partial charge < -0.3 is 11.1 Å². The summed E-state index contributed by atoms with van der Waals surface area (Å²) in [6.45, 7) is 0.553. The van der Waals surface area contributed by atoms with Crippen molar-refractivity contribution in [1.82, 2.24) is 0 Å². The van der Waals surface area contributed by atoms with E-state index in [1.54, 1.807) is 6.07 Å². The zero-order valence-corrected chi connectivity index (χ0v) is 9.80. The van der Waals surface area contributed by atoms with Crippen molar-refractivity contribution in [3.8, 4) is 0 Å². The summed E-state index contributed by atoms with van der Waals surface area (Å²) in [6.07, 6.45) is 3.66. The fourth-order valence-electron chi connectivity index (χ4n) is 2.02. The summed E-state index contributed by atoms with van der Waals surface area (Å²) < 4.78 is 13.1. The molecule has 1 fully saturated rings. The lowest BCUT2D eigenvalue weighted by Crippen LogP contribution is -2.39. The molecular weight excluding hydrogens is 227 g/mol. The van der Waals surface area contributed by atoms with Gasteiger partial charge in [-0.15, -0.1) is 0 Å². The van der Waals surface area contributed by atoms with Crippen LogP contribution in [-0.2, 0) is 0 Å². The lowest BCUT2D eigenvalue weighted by molar-refractivity contribution is 0.277. The molecule has 0 aromatic heterocycles. The fourth-order valence-corrected chi connectivity index (χ4v) is 2.19. The minimum absolute atomic E-state index is 0.202. The average molecular weight is 243 g/mol. The van der Waals surface area contributed by atoms with Gasteiger partial charge in [-0.05, 0) is 37.0 Å². The molecule has 0 saturated heterocycles. The van der Waals surface area contributed by atoms with E-state index in [-0.39, 0.29) is 11.9 Å². The molecule has 1 atom stereocenters. The first-order valence-electron chi connectivity index (χ1n) is 5.62. The van der Waals surface area contributed by atoms with E-state index in [4.69, 9.17) is 17.3 Å². The predicted octanol–water partition coefficient (Wildman–Crippen LogP) is 3.02. The quantitative estimate of drug-likeness (QED) is 0.852. The first-order chi connectivity index (χ1) is 7.70. The van der Waals surface area contributed by atoms with E-state index in [0.29, 0.717) is 23.2 Å². The molecule has 88 valence electrons. The fraction of sp³-hybridized carbons (Fsp3) is 0.500. The third kappa shape index (κ3) is 2.47. The zero-order valence-electron chi connectivity index (χ0n) is 9.05. The third-order valence-corrected chi connectivity index (χ3v) is 3.57. The Balaban J connectivity index is 2.08. The molecule has 1 aromatic carbocycles. The van der Waals surface area contributed by atoms with Crippen LogP contribution in [0.5, 0.6) is 0 Å². The Morgan fingerprint density at radius 3 is 2.81 bits per heavy atom.